The monoisotopic (exact) mass is 374 g/mol. The van der Waals surface area contributed by atoms with Crippen molar-refractivity contribution in [2.45, 2.75) is 20.0 Å². The largest absolute Gasteiger partial charge is 0.392 e. The average Bonchev–Trinajstić information content (AvgIpc) is 3.13. The number of aliphatic hydroxyl groups excluding tert-OH is 1. The maximum absolute atomic E-state index is 9.60. The van der Waals surface area contributed by atoms with Crippen LogP contribution in [0.3, 0.4) is 0 Å². The molecular formula is C21H22N6O. The second-order valence-corrected chi connectivity index (χ2v) is 6.75. The Labute approximate surface area is 163 Å². The summed E-state index contributed by atoms with van der Waals surface area (Å²) in [7, 11) is 0. The Bertz CT molecular complexity index is 1070. The van der Waals surface area contributed by atoms with Gasteiger partial charge in [0.15, 0.2) is 5.65 Å². The van der Waals surface area contributed by atoms with Gasteiger partial charge in [0.2, 0.25) is 5.95 Å². The second kappa shape index (κ2) is 7.66. The van der Waals surface area contributed by atoms with E-state index in [9.17, 15) is 5.11 Å². The first-order chi connectivity index (χ1) is 13.6. The van der Waals surface area contributed by atoms with Gasteiger partial charge in [-0.1, -0.05) is 35.9 Å². The van der Waals surface area contributed by atoms with Crippen molar-refractivity contribution in [3.8, 4) is 5.69 Å². The number of para-hydroxylation sites is 1. The Hall–Kier alpha value is -3.45. The third-order valence-corrected chi connectivity index (χ3v) is 4.30. The molecule has 3 N–H and O–H groups in total. The van der Waals surface area contributed by atoms with Crippen LogP contribution in [0.4, 0.5) is 17.5 Å². The molecule has 4 rings (SSSR count). The summed E-state index contributed by atoms with van der Waals surface area (Å²) in [6.07, 6.45) is 1.25. The van der Waals surface area contributed by atoms with E-state index in [0.717, 1.165) is 16.8 Å². The highest BCUT2D eigenvalue weighted by Gasteiger charge is 2.14. The molecule has 0 aliphatic heterocycles. The number of aryl methyl sites for hydroxylation is 1. The minimum Gasteiger partial charge on any atom is -0.392 e. The van der Waals surface area contributed by atoms with Crippen LogP contribution in [0.5, 0.6) is 0 Å². The van der Waals surface area contributed by atoms with Crippen LogP contribution in [0.2, 0.25) is 0 Å². The fourth-order valence-electron chi connectivity index (χ4n) is 2.85. The first-order valence-electron chi connectivity index (χ1n) is 9.17. The Kier molecular flexibility index (Phi) is 4.90. The van der Waals surface area contributed by atoms with E-state index in [0.29, 0.717) is 24.0 Å². The van der Waals surface area contributed by atoms with E-state index in [1.807, 2.05) is 54.6 Å². The summed E-state index contributed by atoms with van der Waals surface area (Å²) >= 11 is 0. The standard InChI is InChI=1S/C21H22N6O/c1-14-8-10-16(11-9-14)24-19-18-13-23-27(17-6-4-3-5-7-17)20(18)26-21(25-19)22-12-15(2)28/h3-11,13,15,28H,12H2,1-2H3,(H2,22,24,25,26). The maximum atomic E-state index is 9.60. The van der Waals surface area contributed by atoms with Crippen LogP contribution in [0.25, 0.3) is 16.7 Å². The smallest absolute Gasteiger partial charge is 0.226 e. The van der Waals surface area contributed by atoms with Crippen LogP contribution in [-0.4, -0.2) is 37.5 Å². The van der Waals surface area contributed by atoms with Gasteiger partial charge in [-0.3, -0.25) is 0 Å². The minimum atomic E-state index is -0.508. The van der Waals surface area contributed by atoms with E-state index in [4.69, 9.17) is 0 Å². The molecule has 2 heterocycles. The highest BCUT2D eigenvalue weighted by atomic mass is 16.3. The van der Waals surface area contributed by atoms with Crippen LogP contribution in [-0.2, 0) is 0 Å². The Morgan fingerprint density at radius 3 is 2.50 bits per heavy atom. The van der Waals surface area contributed by atoms with Gasteiger partial charge >= 0.3 is 0 Å². The van der Waals surface area contributed by atoms with Crippen LogP contribution in [0.1, 0.15) is 12.5 Å². The molecule has 0 bridgehead atoms. The van der Waals surface area contributed by atoms with Crippen LogP contribution in [0.15, 0.2) is 60.8 Å². The zero-order valence-corrected chi connectivity index (χ0v) is 15.8. The normalized spacial score (nSPS) is 12.1. The number of nitrogens with one attached hydrogen (secondary N) is 2. The zero-order chi connectivity index (χ0) is 19.5. The van der Waals surface area contributed by atoms with Crippen molar-refractivity contribution in [2.24, 2.45) is 0 Å². The van der Waals surface area contributed by atoms with Gasteiger partial charge < -0.3 is 15.7 Å². The molecule has 7 heteroatoms. The van der Waals surface area contributed by atoms with Gasteiger partial charge in [-0.25, -0.2) is 4.68 Å². The van der Waals surface area contributed by atoms with Crippen molar-refractivity contribution < 1.29 is 5.11 Å². The summed E-state index contributed by atoms with van der Waals surface area (Å²) < 4.78 is 1.78. The van der Waals surface area contributed by atoms with E-state index in [1.165, 1.54) is 5.56 Å². The molecule has 0 fully saturated rings. The summed E-state index contributed by atoms with van der Waals surface area (Å²) in [6, 6.07) is 17.9. The molecule has 1 atom stereocenters. The van der Waals surface area contributed by atoms with E-state index in [2.05, 4.69) is 32.6 Å². The first-order valence-corrected chi connectivity index (χ1v) is 9.17. The predicted molar refractivity (Wildman–Crippen MR) is 111 cm³/mol. The molecule has 0 radical (unpaired) electrons. The fourth-order valence-corrected chi connectivity index (χ4v) is 2.85. The lowest BCUT2D eigenvalue weighted by molar-refractivity contribution is 0.208. The topological polar surface area (TPSA) is 87.9 Å². The van der Waals surface area contributed by atoms with Crippen molar-refractivity contribution in [3.63, 3.8) is 0 Å². The summed E-state index contributed by atoms with van der Waals surface area (Å²) in [5, 5.41) is 21.4. The molecule has 2 aromatic heterocycles. The van der Waals surface area contributed by atoms with Gasteiger partial charge in [0.05, 0.1) is 23.4 Å². The van der Waals surface area contributed by atoms with Gasteiger partial charge in [-0.2, -0.15) is 15.1 Å². The minimum absolute atomic E-state index is 0.356. The summed E-state index contributed by atoms with van der Waals surface area (Å²) in [6.45, 7) is 4.12. The maximum Gasteiger partial charge on any atom is 0.226 e. The molecule has 28 heavy (non-hydrogen) atoms. The lowest BCUT2D eigenvalue weighted by atomic mass is 10.2. The average molecular weight is 374 g/mol. The number of aliphatic hydroxyl groups is 1. The van der Waals surface area contributed by atoms with Crippen molar-refractivity contribution in [2.75, 3.05) is 17.2 Å². The number of rotatable bonds is 6. The third-order valence-electron chi connectivity index (χ3n) is 4.30. The molecule has 1 unspecified atom stereocenters. The Morgan fingerprint density at radius 1 is 1.04 bits per heavy atom. The molecule has 0 aliphatic rings. The SMILES string of the molecule is Cc1ccc(Nc2nc(NCC(C)O)nc3c2cnn3-c2ccccc2)cc1. The molecular weight excluding hydrogens is 352 g/mol. The number of benzene rings is 2. The number of nitrogens with zero attached hydrogens (tertiary/aromatic N) is 4. The van der Waals surface area contributed by atoms with Gasteiger partial charge in [-0.15, -0.1) is 0 Å². The van der Waals surface area contributed by atoms with Crippen molar-refractivity contribution in [3.05, 3.63) is 66.4 Å². The zero-order valence-electron chi connectivity index (χ0n) is 15.8. The van der Waals surface area contributed by atoms with Gasteiger partial charge in [-0.05, 0) is 38.1 Å². The highest BCUT2D eigenvalue weighted by Crippen LogP contribution is 2.27. The number of anilines is 3. The molecule has 2 aromatic carbocycles. The number of aromatic nitrogens is 4. The Balaban J connectivity index is 1.80. The van der Waals surface area contributed by atoms with Gasteiger partial charge in [0, 0.05) is 12.2 Å². The molecule has 4 aromatic rings. The lowest BCUT2D eigenvalue weighted by Crippen LogP contribution is -2.17. The van der Waals surface area contributed by atoms with Crippen LogP contribution < -0.4 is 10.6 Å². The highest BCUT2D eigenvalue weighted by molar-refractivity contribution is 5.90. The third kappa shape index (κ3) is 3.79. The molecule has 0 spiro atoms. The quantitative estimate of drug-likeness (QED) is 0.477. The fraction of sp³-hybridized carbons (Fsp3) is 0.190. The molecule has 142 valence electrons. The van der Waals surface area contributed by atoms with Crippen LogP contribution >= 0.6 is 0 Å². The van der Waals surface area contributed by atoms with Gasteiger partial charge in [0.1, 0.15) is 5.82 Å². The number of hydrogen-bond donors (Lipinski definition) is 3. The predicted octanol–water partition coefficient (Wildman–Crippen LogP) is 3.66. The van der Waals surface area contributed by atoms with E-state index in [-0.39, 0.29) is 0 Å². The summed E-state index contributed by atoms with van der Waals surface area (Å²) in [4.78, 5) is 9.23. The molecule has 0 saturated carbocycles. The van der Waals surface area contributed by atoms with Gasteiger partial charge in [0.25, 0.3) is 0 Å². The second-order valence-electron chi connectivity index (χ2n) is 6.75. The molecule has 0 amide bonds. The lowest BCUT2D eigenvalue weighted by Gasteiger charge is -2.12. The molecule has 0 saturated heterocycles. The van der Waals surface area contributed by atoms with Crippen LogP contribution in [0, 0.1) is 6.92 Å². The summed E-state index contributed by atoms with van der Waals surface area (Å²) in [5.74, 6) is 1.09. The first kappa shape index (κ1) is 17.9. The Morgan fingerprint density at radius 2 is 1.79 bits per heavy atom. The summed E-state index contributed by atoms with van der Waals surface area (Å²) in [5.41, 5.74) is 3.72. The van der Waals surface area contributed by atoms with Crippen molar-refractivity contribution in [1.29, 1.82) is 0 Å². The molecule has 7 nitrogen and oxygen atoms in total. The number of fused-ring (bicyclic) bond motifs is 1. The van der Waals surface area contributed by atoms with Crippen molar-refractivity contribution >= 4 is 28.5 Å². The van der Waals surface area contributed by atoms with E-state index in [1.54, 1.807) is 17.8 Å². The number of hydrogen-bond acceptors (Lipinski definition) is 6. The van der Waals surface area contributed by atoms with E-state index >= 15 is 0 Å². The molecule has 0 aliphatic carbocycles. The van der Waals surface area contributed by atoms with Crippen molar-refractivity contribution in [1.82, 2.24) is 19.7 Å². The van der Waals surface area contributed by atoms with E-state index < -0.39 is 6.10 Å².